The second-order valence-corrected chi connectivity index (χ2v) is 9.83. The van der Waals surface area contributed by atoms with Gasteiger partial charge in [0.15, 0.2) is 5.13 Å². The SMILES string of the molecule is Cc1ccc(S(=O)(=O)Nc2ccc3nc(N4CCOCC4)sc3c2)c(Br)c1. The van der Waals surface area contributed by atoms with E-state index in [0.29, 0.717) is 23.4 Å². The Morgan fingerprint density at radius 2 is 1.96 bits per heavy atom. The highest BCUT2D eigenvalue weighted by Gasteiger charge is 2.19. The molecule has 6 nitrogen and oxygen atoms in total. The number of sulfonamides is 1. The second kappa shape index (κ2) is 7.38. The highest BCUT2D eigenvalue weighted by molar-refractivity contribution is 9.10. The van der Waals surface area contributed by atoms with Crippen LogP contribution in [0.3, 0.4) is 0 Å². The number of ether oxygens (including phenoxy) is 1. The molecular formula is C18H18BrN3O3S2. The van der Waals surface area contributed by atoms with E-state index < -0.39 is 10.0 Å². The fourth-order valence-corrected chi connectivity index (χ4v) is 6.20. The van der Waals surface area contributed by atoms with E-state index >= 15 is 0 Å². The predicted molar refractivity (Wildman–Crippen MR) is 112 cm³/mol. The first-order valence-electron chi connectivity index (χ1n) is 8.45. The number of rotatable bonds is 4. The lowest BCUT2D eigenvalue weighted by Gasteiger charge is -2.25. The van der Waals surface area contributed by atoms with E-state index in [-0.39, 0.29) is 4.90 Å². The number of nitrogens with zero attached hydrogens (tertiary/aromatic N) is 2. The van der Waals surface area contributed by atoms with E-state index in [4.69, 9.17) is 4.74 Å². The van der Waals surface area contributed by atoms with Gasteiger partial charge in [-0.25, -0.2) is 13.4 Å². The third-order valence-corrected chi connectivity index (χ3v) is 7.72. The van der Waals surface area contributed by atoms with Crippen molar-refractivity contribution in [2.45, 2.75) is 11.8 Å². The zero-order chi connectivity index (χ0) is 19.0. The number of benzene rings is 2. The predicted octanol–water partition coefficient (Wildman–Crippen LogP) is 4.00. The summed E-state index contributed by atoms with van der Waals surface area (Å²) in [5.41, 5.74) is 2.37. The monoisotopic (exact) mass is 467 g/mol. The Bertz CT molecular complexity index is 1090. The van der Waals surface area contributed by atoms with Gasteiger partial charge in [-0.15, -0.1) is 0 Å². The van der Waals surface area contributed by atoms with Crippen molar-refractivity contribution >= 4 is 58.3 Å². The largest absolute Gasteiger partial charge is 0.378 e. The fraction of sp³-hybridized carbons (Fsp3) is 0.278. The van der Waals surface area contributed by atoms with Gasteiger partial charge in [0, 0.05) is 17.6 Å². The summed E-state index contributed by atoms with van der Waals surface area (Å²) in [6.07, 6.45) is 0. The topological polar surface area (TPSA) is 71.5 Å². The number of anilines is 2. The molecule has 2 aromatic carbocycles. The van der Waals surface area contributed by atoms with E-state index in [2.05, 4.69) is 30.5 Å². The number of aromatic nitrogens is 1. The van der Waals surface area contributed by atoms with Crippen LogP contribution in [0, 0.1) is 6.92 Å². The standard InChI is InChI=1S/C18H18BrN3O3S2/c1-12-2-5-17(14(19)10-12)27(23,24)21-13-3-4-15-16(11-13)26-18(20-15)22-6-8-25-9-7-22/h2-5,10-11,21H,6-9H2,1H3. The van der Waals surface area contributed by atoms with Gasteiger partial charge in [-0.1, -0.05) is 17.4 Å². The summed E-state index contributed by atoms with van der Waals surface area (Å²) in [7, 11) is -3.68. The maximum Gasteiger partial charge on any atom is 0.263 e. The maximum absolute atomic E-state index is 12.7. The molecule has 2 heterocycles. The van der Waals surface area contributed by atoms with E-state index in [1.54, 1.807) is 35.6 Å². The zero-order valence-corrected chi connectivity index (χ0v) is 17.8. The fourth-order valence-electron chi connectivity index (χ4n) is 2.90. The summed E-state index contributed by atoms with van der Waals surface area (Å²) in [4.78, 5) is 7.07. The Hall–Kier alpha value is -1.68. The number of thiazole rings is 1. The first-order chi connectivity index (χ1) is 12.9. The Kier molecular flexibility index (Phi) is 5.11. The first-order valence-corrected chi connectivity index (χ1v) is 11.5. The molecule has 27 heavy (non-hydrogen) atoms. The Morgan fingerprint density at radius 1 is 1.19 bits per heavy atom. The Morgan fingerprint density at radius 3 is 2.70 bits per heavy atom. The van der Waals surface area contributed by atoms with Crippen LogP contribution < -0.4 is 9.62 Å². The van der Waals surface area contributed by atoms with E-state index in [1.165, 1.54) is 0 Å². The van der Waals surface area contributed by atoms with Crippen molar-refractivity contribution in [3.63, 3.8) is 0 Å². The lowest BCUT2D eigenvalue weighted by atomic mass is 10.2. The van der Waals surface area contributed by atoms with Crippen molar-refractivity contribution in [1.29, 1.82) is 0 Å². The summed E-state index contributed by atoms with van der Waals surface area (Å²) in [6, 6.07) is 10.6. The normalized spacial score (nSPS) is 15.3. The summed E-state index contributed by atoms with van der Waals surface area (Å²) in [6.45, 7) is 4.96. The van der Waals surface area contributed by atoms with Crippen LogP contribution >= 0.6 is 27.3 Å². The third kappa shape index (κ3) is 3.96. The van der Waals surface area contributed by atoms with Gasteiger partial charge in [0.1, 0.15) is 4.90 Å². The van der Waals surface area contributed by atoms with Gasteiger partial charge in [-0.2, -0.15) is 0 Å². The Balaban J connectivity index is 1.61. The van der Waals surface area contributed by atoms with Gasteiger partial charge in [0.05, 0.1) is 29.1 Å². The third-order valence-electron chi connectivity index (χ3n) is 4.29. The average Bonchev–Trinajstić information content (AvgIpc) is 3.05. The van der Waals surface area contributed by atoms with Gasteiger partial charge in [0.25, 0.3) is 10.0 Å². The molecule has 0 bridgehead atoms. The summed E-state index contributed by atoms with van der Waals surface area (Å²) in [5.74, 6) is 0. The van der Waals surface area contributed by atoms with Crippen LogP contribution in [0.25, 0.3) is 10.2 Å². The van der Waals surface area contributed by atoms with Crippen molar-refractivity contribution in [2.75, 3.05) is 35.9 Å². The molecule has 0 unspecified atom stereocenters. The first kappa shape index (κ1) is 18.7. The van der Waals surface area contributed by atoms with E-state index in [1.807, 2.05) is 19.1 Å². The molecule has 0 amide bonds. The summed E-state index contributed by atoms with van der Waals surface area (Å²) >= 11 is 4.90. The minimum Gasteiger partial charge on any atom is -0.378 e. The molecule has 0 atom stereocenters. The molecule has 1 aliphatic heterocycles. The average molecular weight is 468 g/mol. The zero-order valence-electron chi connectivity index (χ0n) is 14.6. The van der Waals surface area contributed by atoms with Crippen molar-refractivity contribution in [1.82, 2.24) is 4.98 Å². The molecule has 1 saturated heterocycles. The quantitative estimate of drug-likeness (QED) is 0.627. The molecule has 142 valence electrons. The minimum absolute atomic E-state index is 0.214. The highest BCUT2D eigenvalue weighted by atomic mass is 79.9. The van der Waals surface area contributed by atoms with Crippen LogP contribution in [0.15, 0.2) is 45.8 Å². The molecule has 1 aromatic heterocycles. The smallest absolute Gasteiger partial charge is 0.263 e. The van der Waals surface area contributed by atoms with Gasteiger partial charge >= 0.3 is 0 Å². The van der Waals surface area contributed by atoms with Gasteiger partial charge in [-0.05, 0) is 58.7 Å². The molecular weight excluding hydrogens is 450 g/mol. The molecule has 1 fully saturated rings. The molecule has 3 aromatic rings. The second-order valence-electron chi connectivity index (χ2n) is 6.32. The van der Waals surface area contributed by atoms with Gasteiger partial charge < -0.3 is 9.64 Å². The van der Waals surface area contributed by atoms with Crippen molar-refractivity contribution in [3.05, 3.63) is 46.4 Å². The molecule has 0 radical (unpaired) electrons. The van der Waals surface area contributed by atoms with Crippen LogP contribution in [-0.2, 0) is 14.8 Å². The molecule has 1 aliphatic rings. The number of fused-ring (bicyclic) bond motifs is 1. The van der Waals surface area contributed by atoms with Crippen molar-refractivity contribution in [2.24, 2.45) is 0 Å². The van der Waals surface area contributed by atoms with Crippen LogP contribution in [0.5, 0.6) is 0 Å². The van der Waals surface area contributed by atoms with Gasteiger partial charge in [-0.3, -0.25) is 4.72 Å². The number of hydrogen-bond acceptors (Lipinski definition) is 6. The lowest BCUT2D eigenvalue weighted by molar-refractivity contribution is 0.122. The van der Waals surface area contributed by atoms with Crippen molar-refractivity contribution < 1.29 is 13.2 Å². The molecule has 0 saturated carbocycles. The number of halogens is 1. The molecule has 4 rings (SSSR count). The van der Waals surface area contributed by atoms with Crippen LogP contribution in [0.1, 0.15) is 5.56 Å². The number of nitrogens with one attached hydrogen (secondary N) is 1. The summed E-state index contributed by atoms with van der Waals surface area (Å²) < 4.78 is 35.0. The highest BCUT2D eigenvalue weighted by Crippen LogP contribution is 2.32. The lowest BCUT2D eigenvalue weighted by Crippen LogP contribution is -2.36. The van der Waals surface area contributed by atoms with Crippen LogP contribution in [0.2, 0.25) is 0 Å². The van der Waals surface area contributed by atoms with E-state index in [9.17, 15) is 8.42 Å². The van der Waals surface area contributed by atoms with Crippen LogP contribution in [-0.4, -0.2) is 39.7 Å². The van der Waals surface area contributed by atoms with Crippen molar-refractivity contribution in [3.8, 4) is 0 Å². The number of hydrogen-bond donors (Lipinski definition) is 1. The van der Waals surface area contributed by atoms with Crippen LogP contribution in [0.4, 0.5) is 10.8 Å². The number of morpholine rings is 1. The maximum atomic E-state index is 12.7. The molecule has 1 N–H and O–H groups in total. The number of aryl methyl sites for hydroxylation is 1. The summed E-state index contributed by atoms with van der Waals surface area (Å²) in [5, 5.41) is 0.939. The molecule has 0 aliphatic carbocycles. The minimum atomic E-state index is -3.68. The van der Waals surface area contributed by atoms with Gasteiger partial charge in [0.2, 0.25) is 0 Å². The van der Waals surface area contributed by atoms with E-state index in [0.717, 1.165) is 34.0 Å². The molecule has 9 heteroatoms. The molecule has 0 spiro atoms. The Labute approximate surface area is 170 Å².